The van der Waals surface area contributed by atoms with Gasteiger partial charge in [0.15, 0.2) is 0 Å². The normalized spacial score (nSPS) is 19.8. The number of aliphatic hydroxyl groups is 1. The van der Waals surface area contributed by atoms with Gasteiger partial charge in [-0.15, -0.1) is 0 Å². The first-order valence-electron chi connectivity index (χ1n) is 10.4. The molecule has 1 fully saturated rings. The molecule has 3 rings (SSSR count). The van der Waals surface area contributed by atoms with E-state index in [0.717, 1.165) is 16.7 Å². The summed E-state index contributed by atoms with van der Waals surface area (Å²) in [5.74, 6) is -0.962. The van der Waals surface area contributed by atoms with Gasteiger partial charge in [-0.25, -0.2) is 9.69 Å². The van der Waals surface area contributed by atoms with Crippen molar-refractivity contribution in [2.45, 2.75) is 58.1 Å². The topological polar surface area (TPSA) is 66.8 Å². The van der Waals surface area contributed by atoms with Gasteiger partial charge in [0.2, 0.25) is 5.91 Å². The summed E-state index contributed by atoms with van der Waals surface area (Å²) >= 11 is 0. The number of amides is 2. The lowest BCUT2D eigenvalue weighted by atomic mass is 9.75. The van der Waals surface area contributed by atoms with Crippen LogP contribution in [0, 0.1) is 5.92 Å². The third kappa shape index (κ3) is 4.41. The number of hydrogen-bond donors (Lipinski definition) is 1. The summed E-state index contributed by atoms with van der Waals surface area (Å²) in [6.45, 7) is 9.10. The Labute approximate surface area is 178 Å². The van der Waals surface area contributed by atoms with Gasteiger partial charge in [0, 0.05) is 5.41 Å². The van der Waals surface area contributed by atoms with Crippen molar-refractivity contribution in [1.82, 2.24) is 4.90 Å². The molecule has 0 spiro atoms. The van der Waals surface area contributed by atoms with Crippen molar-refractivity contribution >= 4 is 12.0 Å². The quantitative estimate of drug-likeness (QED) is 0.789. The fourth-order valence-corrected chi connectivity index (χ4v) is 4.04. The highest BCUT2D eigenvalue weighted by molar-refractivity contribution is 5.96. The molecule has 0 aliphatic carbocycles. The maximum Gasteiger partial charge on any atom is 0.417 e. The highest BCUT2D eigenvalue weighted by atomic mass is 16.6. The molecule has 1 saturated heterocycles. The number of carbonyl (C=O) groups is 2. The van der Waals surface area contributed by atoms with E-state index in [9.17, 15) is 14.7 Å². The Kier molecular flexibility index (Phi) is 6.04. The summed E-state index contributed by atoms with van der Waals surface area (Å²) < 4.78 is 5.51. The summed E-state index contributed by atoms with van der Waals surface area (Å²) in [5, 5.41) is 9.69. The van der Waals surface area contributed by atoms with Crippen LogP contribution in [0.25, 0.3) is 11.1 Å². The van der Waals surface area contributed by atoms with Crippen LogP contribution in [0.4, 0.5) is 4.79 Å². The number of benzene rings is 2. The third-order valence-electron chi connectivity index (χ3n) is 5.79. The molecule has 1 heterocycles. The van der Waals surface area contributed by atoms with Crippen LogP contribution in [0.15, 0.2) is 54.6 Å². The van der Waals surface area contributed by atoms with Crippen molar-refractivity contribution in [3.63, 3.8) is 0 Å². The molecular formula is C25H31NO4. The second kappa shape index (κ2) is 8.23. The van der Waals surface area contributed by atoms with E-state index in [0.29, 0.717) is 6.42 Å². The van der Waals surface area contributed by atoms with Gasteiger partial charge >= 0.3 is 6.09 Å². The van der Waals surface area contributed by atoms with Gasteiger partial charge in [-0.3, -0.25) is 4.79 Å². The van der Waals surface area contributed by atoms with Crippen molar-refractivity contribution < 1.29 is 19.4 Å². The number of nitrogens with zero attached hydrogens (tertiary/aromatic N) is 1. The van der Waals surface area contributed by atoms with Crippen LogP contribution in [0.2, 0.25) is 0 Å². The number of hydrogen-bond acceptors (Lipinski definition) is 4. The van der Waals surface area contributed by atoms with Gasteiger partial charge in [0.1, 0.15) is 5.60 Å². The van der Waals surface area contributed by atoms with E-state index in [-0.39, 0.29) is 12.5 Å². The molecule has 2 aromatic rings. The van der Waals surface area contributed by atoms with E-state index in [1.165, 1.54) is 4.90 Å². The lowest BCUT2D eigenvalue weighted by Crippen LogP contribution is -2.50. The molecule has 5 nitrogen and oxygen atoms in total. The summed E-state index contributed by atoms with van der Waals surface area (Å²) in [6, 6.07) is 17.9. The fraction of sp³-hybridized carbons (Fsp3) is 0.440. The fourth-order valence-electron chi connectivity index (χ4n) is 4.04. The van der Waals surface area contributed by atoms with E-state index >= 15 is 0 Å². The number of aliphatic hydroxyl groups excluding tert-OH is 1. The number of carbonyl (C=O) groups excluding carboxylic acids is 2. The lowest BCUT2D eigenvalue weighted by Gasteiger charge is -2.37. The Morgan fingerprint density at radius 2 is 1.57 bits per heavy atom. The van der Waals surface area contributed by atoms with Crippen LogP contribution in [0.5, 0.6) is 0 Å². The van der Waals surface area contributed by atoms with Crippen molar-refractivity contribution in [2.24, 2.45) is 5.92 Å². The minimum absolute atomic E-state index is 0.280. The molecule has 0 aromatic heterocycles. The van der Waals surface area contributed by atoms with Gasteiger partial charge in [0.05, 0.1) is 18.6 Å². The van der Waals surface area contributed by atoms with Crippen LogP contribution < -0.4 is 0 Å². The molecule has 2 amide bonds. The zero-order chi connectivity index (χ0) is 22.1. The minimum Gasteiger partial charge on any atom is -0.443 e. The van der Waals surface area contributed by atoms with E-state index in [1.54, 1.807) is 20.8 Å². The predicted octanol–water partition coefficient (Wildman–Crippen LogP) is 4.78. The molecule has 0 radical (unpaired) electrons. The predicted molar refractivity (Wildman–Crippen MR) is 117 cm³/mol. The van der Waals surface area contributed by atoms with Crippen LogP contribution in [-0.2, 0) is 14.9 Å². The molecule has 2 aromatic carbocycles. The van der Waals surface area contributed by atoms with Gasteiger partial charge in [-0.05, 0) is 43.9 Å². The maximum atomic E-state index is 12.9. The van der Waals surface area contributed by atoms with Gasteiger partial charge in [0.25, 0.3) is 0 Å². The number of likely N-dealkylation sites (tertiary alicyclic amines) is 1. The molecule has 1 aliphatic heterocycles. The van der Waals surface area contributed by atoms with Crippen molar-refractivity contribution in [1.29, 1.82) is 0 Å². The summed E-state index contributed by atoms with van der Waals surface area (Å²) in [7, 11) is 0. The Hall–Kier alpha value is -2.66. The molecule has 30 heavy (non-hydrogen) atoms. The largest absolute Gasteiger partial charge is 0.443 e. The SMILES string of the molecule is CC(C)(C)OC(=O)N1C(=O)C(CO)C[C@H]1C(C)(C)c1ccc(-c2ccccc2)cc1. The van der Waals surface area contributed by atoms with Gasteiger partial charge in [-0.1, -0.05) is 68.4 Å². The standard InChI is InChI=1S/C25H31NO4/c1-24(2,3)30-23(29)26-21(15-19(16-27)22(26)28)25(4,5)20-13-11-18(12-14-20)17-9-7-6-8-10-17/h6-14,19,21,27H,15-16H2,1-5H3/t19?,21-/m0/s1. The lowest BCUT2D eigenvalue weighted by molar-refractivity contribution is -0.132. The maximum absolute atomic E-state index is 12.9. The van der Waals surface area contributed by atoms with Crippen molar-refractivity contribution in [3.8, 4) is 11.1 Å². The molecule has 0 saturated carbocycles. The average molecular weight is 410 g/mol. The molecule has 1 aliphatic rings. The number of rotatable bonds is 4. The van der Waals surface area contributed by atoms with Crippen LogP contribution in [0.1, 0.15) is 46.6 Å². The molecule has 1 N–H and O–H groups in total. The van der Waals surface area contributed by atoms with E-state index in [1.807, 2.05) is 44.2 Å². The third-order valence-corrected chi connectivity index (χ3v) is 5.79. The highest BCUT2D eigenvalue weighted by Gasteiger charge is 2.50. The Bertz CT molecular complexity index is 897. The smallest absolute Gasteiger partial charge is 0.417 e. The molecular weight excluding hydrogens is 378 g/mol. The zero-order valence-corrected chi connectivity index (χ0v) is 18.4. The summed E-state index contributed by atoms with van der Waals surface area (Å²) in [6.07, 6.45) is -0.246. The monoisotopic (exact) mass is 409 g/mol. The van der Waals surface area contributed by atoms with E-state index in [2.05, 4.69) is 24.3 Å². The Balaban J connectivity index is 1.92. The van der Waals surface area contributed by atoms with Crippen LogP contribution in [-0.4, -0.2) is 40.3 Å². The van der Waals surface area contributed by atoms with Gasteiger partial charge in [-0.2, -0.15) is 0 Å². The van der Waals surface area contributed by atoms with Crippen molar-refractivity contribution in [3.05, 3.63) is 60.2 Å². The average Bonchev–Trinajstić information content (AvgIpc) is 3.05. The molecule has 0 bridgehead atoms. The van der Waals surface area contributed by atoms with Crippen LogP contribution >= 0.6 is 0 Å². The van der Waals surface area contributed by atoms with Gasteiger partial charge < -0.3 is 9.84 Å². The zero-order valence-electron chi connectivity index (χ0n) is 18.4. The van der Waals surface area contributed by atoms with Crippen LogP contribution in [0.3, 0.4) is 0 Å². The van der Waals surface area contributed by atoms with Crippen molar-refractivity contribution in [2.75, 3.05) is 6.61 Å². The number of ether oxygens (including phenoxy) is 1. The first-order chi connectivity index (χ1) is 14.0. The molecule has 2 atom stereocenters. The number of imide groups is 1. The van der Waals surface area contributed by atoms with E-state index in [4.69, 9.17) is 4.74 Å². The molecule has 160 valence electrons. The first kappa shape index (κ1) is 22.0. The Morgan fingerprint density at radius 1 is 1.00 bits per heavy atom. The first-order valence-corrected chi connectivity index (χ1v) is 10.4. The second-order valence-electron chi connectivity index (χ2n) is 9.48. The summed E-state index contributed by atoms with van der Waals surface area (Å²) in [5.41, 5.74) is 2.04. The second-order valence-corrected chi connectivity index (χ2v) is 9.48. The minimum atomic E-state index is -0.708. The molecule has 1 unspecified atom stereocenters. The Morgan fingerprint density at radius 3 is 2.10 bits per heavy atom. The van der Waals surface area contributed by atoms with E-state index < -0.39 is 29.1 Å². The highest BCUT2D eigenvalue weighted by Crippen LogP contribution is 2.40. The molecule has 5 heteroatoms. The summed E-state index contributed by atoms with van der Waals surface area (Å²) in [4.78, 5) is 26.9.